The number of halogens is 3. The van der Waals surface area contributed by atoms with Gasteiger partial charge in [0, 0.05) is 15.4 Å². The third kappa shape index (κ3) is 4.62. The number of rotatable bonds is 6. The van der Waals surface area contributed by atoms with Crippen molar-refractivity contribution in [2.45, 2.75) is 32.7 Å². The molecule has 1 heterocycles. The van der Waals surface area contributed by atoms with Crippen LogP contribution in [0.1, 0.15) is 35.4 Å². The van der Waals surface area contributed by atoms with Crippen LogP contribution in [-0.4, -0.2) is 6.54 Å². The molecule has 1 nitrogen and oxygen atoms in total. The zero-order valence-corrected chi connectivity index (χ0v) is 16.0. The number of aryl methyl sites for hydroxylation is 1. The van der Waals surface area contributed by atoms with Crippen molar-refractivity contribution in [3.8, 4) is 0 Å². The van der Waals surface area contributed by atoms with E-state index in [0.29, 0.717) is 0 Å². The largest absolute Gasteiger partial charge is 0.309 e. The summed E-state index contributed by atoms with van der Waals surface area (Å²) in [7, 11) is 0. The van der Waals surface area contributed by atoms with Crippen molar-refractivity contribution in [2.24, 2.45) is 0 Å². The van der Waals surface area contributed by atoms with Gasteiger partial charge in [0.15, 0.2) is 0 Å². The van der Waals surface area contributed by atoms with Crippen LogP contribution in [0.15, 0.2) is 32.5 Å². The Morgan fingerprint density at radius 2 is 2.05 bits per heavy atom. The average Bonchev–Trinajstić information content (AvgIpc) is 2.77. The summed E-state index contributed by atoms with van der Waals surface area (Å²) in [4.78, 5) is 1.28. The Kier molecular flexibility index (Phi) is 6.41. The number of hydrogen-bond donors (Lipinski definition) is 1. The maximum absolute atomic E-state index is 13.2. The first kappa shape index (κ1) is 17.1. The van der Waals surface area contributed by atoms with Gasteiger partial charge in [-0.15, -0.1) is 11.3 Å². The lowest BCUT2D eigenvalue weighted by molar-refractivity contribution is 0.534. The van der Waals surface area contributed by atoms with Gasteiger partial charge in [0.25, 0.3) is 0 Å². The van der Waals surface area contributed by atoms with E-state index < -0.39 is 0 Å². The van der Waals surface area contributed by atoms with Crippen LogP contribution in [0.3, 0.4) is 0 Å². The summed E-state index contributed by atoms with van der Waals surface area (Å²) in [5.74, 6) is -0.170. The Morgan fingerprint density at radius 1 is 1.29 bits per heavy atom. The lowest BCUT2D eigenvalue weighted by Crippen LogP contribution is -2.23. The van der Waals surface area contributed by atoms with Crippen molar-refractivity contribution < 1.29 is 4.39 Å². The molecule has 1 aromatic carbocycles. The Balaban J connectivity index is 2.23. The van der Waals surface area contributed by atoms with E-state index >= 15 is 0 Å². The quantitative estimate of drug-likeness (QED) is 0.587. The van der Waals surface area contributed by atoms with Gasteiger partial charge in [-0.2, -0.15) is 0 Å². The van der Waals surface area contributed by atoms with E-state index in [9.17, 15) is 4.39 Å². The van der Waals surface area contributed by atoms with Crippen LogP contribution in [0.25, 0.3) is 0 Å². The molecule has 0 aliphatic heterocycles. The minimum Gasteiger partial charge on any atom is -0.309 e. The van der Waals surface area contributed by atoms with Gasteiger partial charge < -0.3 is 5.32 Å². The predicted octanol–water partition coefficient (Wildman–Crippen LogP) is 6.00. The summed E-state index contributed by atoms with van der Waals surface area (Å²) in [6, 6.07) is 7.44. The molecule has 0 aliphatic rings. The highest BCUT2D eigenvalue weighted by Crippen LogP contribution is 2.36. The predicted molar refractivity (Wildman–Crippen MR) is 95.6 cm³/mol. The maximum atomic E-state index is 13.2. The van der Waals surface area contributed by atoms with Gasteiger partial charge in [-0.1, -0.05) is 13.0 Å². The smallest absolute Gasteiger partial charge is 0.123 e. The zero-order valence-electron chi connectivity index (χ0n) is 12.1. The SMILES string of the molecule is CCCNC(Cc1ccc(F)cc1C)c1cc(Br)c(Br)s1. The number of benzene rings is 1. The summed E-state index contributed by atoms with van der Waals surface area (Å²) >= 11 is 8.84. The molecule has 0 amide bonds. The van der Waals surface area contributed by atoms with E-state index in [1.165, 1.54) is 10.4 Å². The minimum absolute atomic E-state index is 0.170. The normalized spacial score (nSPS) is 12.6. The lowest BCUT2D eigenvalue weighted by atomic mass is 10.00. The molecule has 0 aliphatic carbocycles. The highest BCUT2D eigenvalue weighted by molar-refractivity contribution is 9.13. The van der Waals surface area contributed by atoms with Crippen molar-refractivity contribution >= 4 is 43.2 Å². The topological polar surface area (TPSA) is 12.0 Å². The molecule has 0 saturated carbocycles. The molecule has 1 N–H and O–H groups in total. The van der Waals surface area contributed by atoms with Gasteiger partial charge in [-0.25, -0.2) is 4.39 Å². The molecule has 114 valence electrons. The molecule has 1 atom stereocenters. The van der Waals surface area contributed by atoms with Crippen molar-refractivity contribution in [1.82, 2.24) is 5.32 Å². The fourth-order valence-electron chi connectivity index (χ4n) is 2.24. The van der Waals surface area contributed by atoms with Crippen molar-refractivity contribution in [1.29, 1.82) is 0 Å². The zero-order chi connectivity index (χ0) is 15.4. The van der Waals surface area contributed by atoms with Gasteiger partial charge >= 0.3 is 0 Å². The Bertz CT molecular complexity index is 593. The van der Waals surface area contributed by atoms with E-state index in [1.807, 2.05) is 13.0 Å². The van der Waals surface area contributed by atoms with Gasteiger partial charge in [-0.05, 0) is 87.5 Å². The third-order valence-corrected chi connectivity index (χ3v) is 6.75. The summed E-state index contributed by atoms with van der Waals surface area (Å²) < 4.78 is 15.4. The highest BCUT2D eigenvalue weighted by Gasteiger charge is 2.17. The molecule has 0 fully saturated rings. The van der Waals surface area contributed by atoms with Gasteiger partial charge in [0.2, 0.25) is 0 Å². The van der Waals surface area contributed by atoms with Crippen molar-refractivity contribution in [2.75, 3.05) is 6.54 Å². The summed E-state index contributed by atoms with van der Waals surface area (Å²) in [5, 5.41) is 3.59. The van der Waals surface area contributed by atoms with E-state index in [2.05, 4.69) is 50.2 Å². The number of thiophene rings is 1. The first-order valence-corrected chi connectivity index (χ1v) is 9.34. The molecule has 0 saturated heterocycles. The van der Waals surface area contributed by atoms with Crippen LogP contribution in [0, 0.1) is 12.7 Å². The maximum Gasteiger partial charge on any atom is 0.123 e. The standard InChI is InChI=1S/C16H18Br2FNS/c1-3-6-20-14(15-9-13(17)16(18)21-15)8-11-4-5-12(19)7-10(11)2/h4-5,7,9,14,20H,3,6,8H2,1-2H3. The van der Waals surface area contributed by atoms with Crippen LogP contribution >= 0.6 is 43.2 Å². The summed E-state index contributed by atoms with van der Waals surface area (Å²) in [6.07, 6.45) is 1.96. The second kappa shape index (κ2) is 7.86. The molecule has 1 aromatic heterocycles. The van der Waals surface area contributed by atoms with Crippen LogP contribution in [0.5, 0.6) is 0 Å². The molecule has 5 heteroatoms. The first-order valence-electron chi connectivity index (χ1n) is 6.94. The third-order valence-electron chi connectivity index (χ3n) is 3.38. The molecule has 2 rings (SSSR count). The molecule has 0 radical (unpaired) electrons. The number of nitrogens with one attached hydrogen (secondary N) is 1. The number of hydrogen-bond acceptors (Lipinski definition) is 2. The fraction of sp³-hybridized carbons (Fsp3) is 0.375. The molecule has 1 unspecified atom stereocenters. The van der Waals surface area contributed by atoms with Crippen LogP contribution < -0.4 is 5.32 Å². The Hall–Kier alpha value is -0.230. The van der Waals surface area contributed by atoms with E-state index in [0.717, 1.165) is 33.2 Å². The van der Waals surface area contributed by atoms with E-state index in [1.54, 1.807) is 23.5 Å². The van der Waals surface area contributed by atoms with E-state index in [-0.39, 0.29) is 11.9 Å². The lowest BCUT2D eigenvalue weighted by Gasteiger charge is -2.18. The highest BCUT2D eigenvalue weighted by atomic mass is 79.9. The second-order valence-corrected chi connectivity index (χ2v) is 8.31. The summed E-state index contributed by atoms with van der Waals surface area (Å²) in [5.41, 5.74) is 2.19. The molecule has 2 aromatic rings. The van der Waals surface area contributed by atoms with Gasteiger partial charge in [0.05, 0.1) is 3.79 Å². The Labute approximate surface area is 146 Å². The van der Waals surface area contributed by atoms with Crippen molar-refractivity contribution in [3.05, 3.63) is 54.3 Å². The van der Waals surface area contributed by atoms with Gasteiger partial charge in [-0.3, -0.25) is 0 Å². The van der Waals surface area contributed by atoms with Crippen molar-refractivity contribution in [3.63, 3.8) is 0 Å². The Morgan fingerprint density at radius 3 is 2.62 bits per heavy atom. The minimum atomic E-state index is -0.170. The van der Waals surface area contributed by atoms with Crippen LogP contribution in [-0.2, 0) is 6.42 Å². The first-order chi connectivity index (χ1) is 10.0. The van der Waals surface area contributed by atoms with E-state index in [4.69, 9.17) is 0 Å². The molecular weight excluding hydrogens is 417 g/mol. The average molecular weight is 435 g/mol. The molecule has 0 spiro atoms. The van der Waals surface area contributed by atoms with Gasteiger partial charge in [0.1, 0.15) is 5.82 Å². The molecule has 0 bridgehead atoms. The van der Waals surface area contributed by atoms with Crippen LogP contribution in [0.4, 0.5) is 4.39 Å². The monoisotopic (exact) mass is 433 g/mol. The van der Waals surface area contributed by atoms with Crippen LogP contribution in [0.2, 0.25) is 0 Å². The second-order valence-electron chi connectivity index (χ2n) is 5.05. The fourth-order valence-corrected chi connectivity index (χ4v) is 4.40. The molecule has 21 heavy (non-hydrogen) atoms. The molecular formula is C16H18Br2FNS. The summed E-state index contributed by atoms with van der Waals surface area (Å²) in [6.45, 7) is 5.10.